The first-order valence-electron chi connectivity index (χ1n) is 9.13. The lowest BCUT2D eigenvalue weighted by atomic mass is 10.1. The maximum atomic E-state index is 13.0. The van der Waals surface area contributed by atoms with E-state index in [4.69, 9.17) is 0 Å². The third kappa shape index (κ3) is 4.31. The molecule has 1 aromatic heterocycles. The van der Waals surface area contributed by atoms with E-state index in [2.05, 4.69) is 16.8 Å². The molecule has 0 atom stereocenters. The zero-order valence-electron chi connectivity index (χ0n) is 15.0. The first kappa shape index (κ1) is 17.6. The van der Waals surface area contributed by atoms with Crippen molar-refractivity contribution in [3.05, 3.63) is 72.3 Å². The second-order valence-electron chi connectivity index (χ2n) is 6.83. The van der Waals surface area contributed by atoms with E-state index in [0.717, 1.165) is 28.2 Å². The van der Waals surface area contributed by atoms with Gasteiger partial charge in [-0.2, -0.15) is 0 Å². The molecular formula is C22H21N3OS. The fourth-order valence-corrected chi connectivity index (χ4v) is 3.79. The molecular weight excluding hydrogens is 354 g/mol. The SMILES string of the molecule is C=Cc1ccc(-c2nnc(N(CC3CC3)C(=O)Cc3ccccc3)s2)cc1. The Bertz CT molecular complexity index is 930. The lowest BCUT2D eigenvalue weighted by Gasteiger charge is -2.19. The van der Waals surface area contributed by atoms with Crippen LogP contribution in [0, 0.1) is 5.92 Å². The van der Waals surface area contributed by atoms with Gasteiger partial charge in [-0.15, -0.1) is 10.2 Å². The highest BCUT2D eigenvalue weighted by Crippen LogP contribution is 2.34. The van der Waals surface area contributed by atoms with Crippen molar-refractivity contribution < 1.29 is 4.79 Å². The molecule has 0 bridgehead atoms. The Morgan fingerprint density at radius 2 is 1.85 bits per heavy atom. The fourth-order valence-electron chi connectivity index (χ4n) is 2.91. The summed E-state index contributed by atoms with van der Waals surface area (Å²) in [6, 6.07) is 17.9. The highest BCUT2D eigenvalue weighted by molar-refractivity contribution is 7.18. The molecule has 0 saturated heterocycles. The summed E-state index contributed by atoms with van der Waals surface area (Å²) >= 11 is 1.47. The molecule has 1 aliphatic carbocycles. The summed E-state index contributed by atoms with van der Waals surface area (Å²) < 4.78 is 0. The van der Waals surface area contributed by atoms with E-state index in [1.165, 1.54) is 24.2 Å². The van der Waals surface area contributed by atoms with Crippen LogP contribution in [0.1, 0.15) is 24.0 Å². The first-order chi connectivity index (χ1) is 13.2. The van der Waals surface area contributed by atoms with E-state index in [0.29, 0.717) is 17.5 Å². The molecule has 0 unspecified atom stereocenters. The molecule has 4 rings (SSSR count). The molecule has 1 heterocycles. The summed E-state index contributed by atoms with van der Waals surface area (Å²) in [5, 5.41) is 10.2. The van der Waals surface area contributed by atoms with E-state index < -0.39 is 0 Å². The van der Waals surface area contributed by atoms with Gasteiger partial charge >= 0.3 is 0 Å². The summed E-state index contributed by atoms with van der Waals surface area (Å²) in [5.41, 5.74) is 3.09. The second kappa shape index (κ2) is 7.84. The van der Waals surface area contributed by atoms with Crippen LogP contribution in [0.25, 0.3) is 16.6 Å². The molecule has 1 amide bonds. The lowest BCUT2D eigenvalue weighted by Crippen LogP contribution is -2.34. The number of rotatable bonds is 7. The standard InChI is InChI=1S/C22H21N3OS/c1-2-16-10-12-19(13-11-16)21-23-24-22(27-21)25(15-18-8-9-18)20(26)14-17-6-4-3-5-7-17/h2-7,10-13,18H,1,8-9,14-15H2. The van der Waals surface area contributed by atoms with Crippen LogP contribution >= 0.6 is 11.3 Å². The minimum Gasteiger partial charge on any atom is -0.286 e. The molecule has 0 N–H and O–H groups in total. The molecule has 136 valence electrons. The Balaban J connectivity index is 1.56. The van der Waals surface area contributed by atoms with Crippen molar-refractivity contribution in [1.82, 2.24) is 10.2 Å². The summed E-state index contributed by atoms with van der Waals surface area (Å²) in [7, 11) is 0. The number of carbonyl (C=O) groups is 1. The molecule has 0 radical (unpaired) electrons. The summed E-state index contributed by atoms with van der Waals surface area (Å²) in [6.07, 6.45) is 4.57. The Hall–Kier alpha value is -2.79. The van der Waals surface area contributed by atoms with Gasteiger partial charge in [0.2, 0.25) is 11.0 Å². The Labute approximate surface area is 163 Å². The van der Waals surface area contributed by atoms with Crippen LogP contribution in [-0.4, -0.2) is 22.6 Å². The van der Waals surface area contributed by atoms with Crippen LogP contribution in [0.4, 0.5) is 5.13 Å². The maximum Gasteiger partial charge on any atom is 0.233 e. The molecule has 2 aromatic carbocycles. The monoisotopic (exact) mass is 375 g/mol. The van der Waals surface area contributed by atoms with Crippen LogP contribution < -0.4 is 4.90 Å². The smallest absolute Gasteiger partial charge is 0.233 e. The Kier molecular flexibility index (Phi) is 5.12. The molecule has 5 heteroatoms. The minimum atomic E-state index is 0.0813. The number of benzene rings is 2. The number of aromatic nitrogens is 2. The maximum absolute atomic E-state index is 13.0. The van der Waals surface area contributed by atoms with Crippen molar-refractivity contribution >= 4 is 28.5 Å². The summed E-state index contributed by atoms with van der Waals surface area (Å²) in [6.45, 7) is 4.51. The van der Waals surface area contributed by atoms with Gasteiger partial charge in [0, 0.05) is 12.1 Å². The quantitative estimate of drug-likeness (QED) is 0.594. The van der Waals surface area contributed by atoms with Crippen molar-refractivity contribution in [1.29, 1.82) is 0 Å². The van der Waals surface area contributed by atoms with E-state index in [-0.39, 0.29) is 5.91 Å². The lowest BCUT2D eigenvalue weighted by molar-refractivity contribution is -0.118. The van der Waals surface area contributed by atoms with Gasteiger partial charge in [-0.1, -0.05) is 78.6 Å². The number of hydrogen-bond donors (Lipinski definition) is 0. The zero-order chi connectivity index (χ0) is 18.6. The van der Waals surface area contributed by atoms with Gasteiger partial charge in [-0.25, -0.2) is 0 Å². The molecule has 1 fully saturated rings. The number of nitrogens with zero attached hydrogens (tertiary/aromatic N) is 3. The molecule has 4 nitrogen and oxygen atoms in total. The van der Waals surface area contributed by atoms with Crippen molar-refractivity contribution in [3.63, 3.8) is 0 Å². The molecule has 0 spiro atoms. The molecule has 1 aliphatic rings. The number of anilines is 1. The van der Waals surface area contributed by atoms with Crippen molar-refractivity contribution in [3.8, 4) is 10.6 Å². The van der Waals surface area contributed by atoms with E-state index >= 15 is 0 Å². The van der Waals surface area contributed by atoms with Crippen LogP contribution in [0.15, 0.2) is 61.2 Å². The van der Waals surface area contributed by atoms with Gasteiger partial charge in [0.15, 0.2) is 0 Å². The number of amides is 1. The molecule has 27 heavy (non-hydrogen) atoms. The molecule has 0 aliphatic heterocycles. The predicted molar refractivity (Wildman–Crippen MR) is 111 cm³/mol. The zero-order valence-corrected chi connectivity index (χ0v) is 15.9. The van der Waals surface area contributed by atoms with Gasteiger partial charge in [0.05, 0.1) is 6.42 Å². The Morgan fingerprint density at radius 1 is 1.11 bits per heavy atom. The first-order valence-corrected chi connectivity index (χ1v) is 9.95. The van der Waals surface area contributed by atoms with Crippen molar-refractivity contribution in [2.75, 3.05) is 11.4 Å². The summed E-state index contributed by atoms with van der Waals surface area (Å²) in [5.74, 6) is 0.668. The van der Waals surface area contributed by atoms with Crippen LogP contribution in [-0.2, 0) is 11.2 Å². The average Bonchev–Trinajstić information content (AvgIpc) is 3.41. The number of hydrogen-bond acceptors (Lipinski definition) is 4. The molecule has 1 saturated carbocycles. The van der Waals surface area contributed by atoms with Crippen LogP contribution in [0.3, 0.4) is 0 Å². The largest absolute Gasteiger partial charge is 0.286 e. The van der Waals surface area contributed by atoms with E-state index in [9.17, 15) is 4.79 Å². The van der Waals surface area contributed by atoms with Gasteiger partial charge in [-0.05, 0) is 29.9 Å². The van der Waals surface area contributed by atoms with Gasteiger partial charge < -0.3 is 0 Å². The minimum absolute atomic E-state index is 0.0813. The van der Waals surface area contributed by atoms with E-state index in [1.807, 2.05) is 65.6 Å². The van der Waals surface area contributed by atoms with Gasteiger partial charge in [-0.3, -0.25) is 9.69 Å². The van der Waals surface area contributed by atoms with Gasteiger partial charge in [0.25, 0.3) is 0 Å². The second-order valence-corrected chi connectivity index (χ2v) is 7.78. The Morgan fingerprint density at radius 3 is 2.52 bits per heavy atom. The number of carbonyl (C=O) groups excluding carboxylic acids is 1. The van der Waals surface area contributed by atoms with Crippen LogP contribution in [0.5, 0.6) is 0 Å². The topological polar surface area (TPSA) is 46.1 Å². The third-order valence-corrected chi connectivity index (χ3v) is 5.67. The normalized spacial score (nSPS) is 13.3. The van der Waals surface area contributed by atoms with Crippen LogP contribution in [0.2, 0.25) is 0 Å². The highest BCUT2D eigenvalue weighted by atomic mass is 32.1. The average molecular weight is 375 g/mol. The third-order valence-electron chi connectivity index (χ3n) is 4.68. The van der Waals surface area contributed by atoms with Gasteiger partial charge in [0.1, 0.15) is 5.01 Å². The summed E-state index contributed by atoms with van der Waals surface area (Å²) in [4.78, 5) is 14.8. The molecule has 3 aromatic rings. The van der Waals surface area contributed by atoms with Crippen molar-refractivity contribution in [2.45, 2.75) is 19.3 Å². The fraction of sp³-hybridized carbons (Fsp3) is 0.227. The highest BCUT2D eigenvalue weighted by Gasteiger charge is 2.29. The van der Waals surface area contributed by atoms with Crippen molar-refractivity contribution in [2.24, 2.45) is 5.92 Å². The van der Waals surface area contributed by atoms with E-state index in [1.54, 1.807) is 0 Å². The predicted octanol–water partition coefficient (Wildman–Crippen LogP) is 4.83.